The van der Waals surface area contributed by atoms with Crippen LogP contribution >= 0.6 is 0 Å². The molecule has 0 aromatic carbocycles. The first-order valence-electron chi connectivity index (χ1n) is 8.12. The number of methoxy groups -OCH3 is 1. The van der Waals surface area contributed by atoms with Crippen LogP contribution in [0.15, 0.2) is 30.1 Å². The quantitative estimate of drug-likeness (QED) is 0.386. The lowest BCUT2D eigenvalue weighted by molar-refractivity contribution is -0.0160. The molecule has 5 nitrogen and oxygen atoms in total. The second kappa shape index (κ2) is 8.48. The first-order valence-corrected chi connectivity index (χ1v) is 8.12. The summed E-state index contributed by atoms with van der Waals surface area (Å²) in [5.41, 5.74) is 1.97. The molecule has 0 saturated heterocycles. The van der Waals surface area contributed by atoms with Crippen LogP contribution in [0.3, 0.4) is 0 Å². The topological polar surface area (TPSA) is 66.7 Å². The molecule has 1 aliphatic rings. The van der Waals surface area contributed by atoms with Crippen LogP contribution in [0.25, 0.3) is 0 Å². The SMILES string of the molecule is CCc1ccn(CCCNC(O)C2=CCCC(OC)C2O)c1. The van der Waals surface area contributed by atoms with Crippen molar-refractivity contribution in [2.45, 2.75) is 57.6 Å². The van der Waals surface area contributed by atoms with E-state index in [1.165, 1.54) is 5.56 Å². The molecule has 22 heavy (non-hydrogen) atoms. The molecule has 0 bridgehead atoms. The normalized spacial score (nSPS) is 23.4. The van der Waals surface area contributed by atoms with Crippen molar-refractivity contribution in [1.29, 1.82) is 0 Å². The first kappa shape index (κ1) is 17.2. The summed E-state index contributed by atoms with van der Waals surface area (Å²) in [6.07, 6.45) is 8.01. The van der Waals surface area contributed by atoms with Crippen LogP contribution in [-0.4, -0.2) is 46.9 Å². The van der Waals surface area contributed by atoms with E-state index >= 15 is 0 Å². The fourth-order valence-electron chi connectivity index (χ4n) is 2.88. The molecule has 3 unspecified atom stereocenters. The van der Waals surface area contributed by atoms with Crippen molar-refractivity contribution in [2.24, 2.45) is 0 Å². The second-order valence-corrected chi connectivity index (χ2v) is 5.82. The van der Waals surface area contributed by atoms with E-state index in [1.54, 1.807) is 7.11 Å². The minimum atomic E-state index is -0.802. The van der Waals surface area contributed by atoms with Gasteiger partial charge < -0.3 is 19.5 Å². The lowest BCUT2D eigenvalue weighted by Crippen LogP contribution is -2.42. The van der Waals surface area contributed by atoms with Crippen LogP contribution in [-0.2, 0) is 17.7 Å². The number of aliphatic hydroxyl groups excluding tert-OH is 2. The zero-order valence-corrected chi connectivity index (χ0v) is 13.5. The smallest absolute Gasteiger partial charge is 0.129 e. The number of ether oxygens (including phenoxy) is 1. The van der Waals surface area contributed by atoms with E-state index in [9.17, 15) is 10.2 Å². The minimum Gasteiger partial charge on any atom is -0.386 e. The van der Waals surface area contributed by atoms with Crippen LogP contribution in [0.5, 0.6) is 0 Å². The largest absolute Gasteiger partial charge is 0.386 e. The Labute approximate surface area is 132 Å². The van der Waals surface area contributed by atoms with Gasteiger partial charge in [-0.05, 0) is 49.4 Å². The van der Waals surface area contributed by atoms with Crippen LogP contribution in [0.2, 0.25) is 0 Å². The molecule has 0 aliphatic heterocycles. The monoisotopic (exact) mass is 308 g/mol. The van der Waals surface area contributed by atoms with E-state index < -0.39 is 12.3 Å². The van der Waals surface area contributed by atoms with Crippen molar-refractivity contribution < 1.29 is 14.9 Å². The number of aromatic nitrogens is 1. The highest BCUT2D eigenvalue weighted by Gasteiger charge is 2.29. The molecule has 1 aromatic heterocycles. The molecule has 5 heteroatoms. The maximum atomic E-state index is 10.2. The highest BCUT2D eigenvalue weighted by Crippen LogP contribution is 2.23. The highest BCUT2D eigenvalue weighted by atomic mass is 16.5. The third kappa shape index (κ3) is 4.43. The molecule has 0 saturated carbocycles. The van der Waals surface area contributed by atoms with Gasteiger partial charge in [-0.3, -0.25) is 5.32 Å². The Bertz CT molecular complexity index is 484. The number of hydrogen-bond acceptors (Lipinski definition) is 4. The molecule has 1 heterocycles. The molecular formula is C17H28N2O3. The van der Waals surface area contributed by atoms with Gasteiger partial charge in [0.05, 0.1) is 6.10 Å². The average Bonchev–Trinajstić information content (AvgIpc) is 2.99. The number of aryl methyl sites for hydroxylation is 2. The van der Waals surface area contributed by atoms with Gasteiger partial charge >= 0.3 is 0 Å². The Hall–Kier alpha value is -1.14. The number of allylic oxidation sites excluding steroid dienone is 1. The number of aliphatic hydroxyl groups is 2. The van der Waals surface area contributed by atoms with Crippen LogP contribution in [0.4, 0.5) is 0 Å². The average molecular weight is 308 g/mol. The van der Waals surface area contributed by atoms with Gasteiger partial charge in [-0.1, -0.05) is 13.0 Å². The van der Waals surface area contributed by atoms with Crippen molar-refractivity contribution in [3.63, 3.8) is 0 Å². The molecular weight excluding hydrogens is 280 g/mol. The Kier molecular flexibility index (Phi) is 6.64. The fourth-order valence-corrected chi connectivity index (χ4v) is 2.88. The molecule has 0 radical (unpaired) electrons. The third-order valence-corrected chi connectivity index (χ3v) is 4.29. The number of nitrogens with zero attached hydrogens (tertiary/aromatic N) is 1. The van der Waals surface area contributed by atoms with Crippen molar-refractivity contribution in [2.75, 3.05) is 13.7 Å². The zero-order valence-electron chi connectivity index (χ0n) is 13.5. The van der Waals surface area contributed by atoms with Crippen molar-refractivity contribution >= 4 is 0 Å². The van der Waals surface area contributed by atoms with Crippen LogP contribution < -0.4 is 5.32 Å². The molecule has 0 amide bonds. The van der Waals surface area contributed by atoms with E-state index in [0.29, 0.717) is 12.1 Å². The van der Waals surface area contributed by atoms with Gasteiger partial charge in [0.25, 0.3) is 0 Å². The summed E-state index contributed by atoms with van der Waals surface area (Å²) in [5.74, 6) is 0. The summed E-state index contributed by atoms with van der Waals surface area (Å²) >= 11 is 0. The van der Waals surface area contributed by atoms with Crippen molar-refractivity contribution in [3.8, 4) is 0 Å². The van der Waals surface area contributed by atoms with E-state index in [2.05, 4.69) is 35.3 Å². The summed E-state index contributed by atoms with van der Waals surface area (Å²) in [6, 6.07) is 2.14. The van der Waals surface area contributed by atoms with Gasteiger partial charge in [0.2, 0.25) is 0 Å². The Morgan fingerprint density at radius 2 is 2.32 bits per heavy atom. The predicted molar refractivity (Wildman–Crippen MR) is 86.6 cm³/mol. The van der Waals surface area contributed by atoms with Gasteiger partial charge in [0.15, 0.2) is 0 Å². The molecule has 0 spiro atoms. The van der Waals surface area contributed by atoms with E-state index in [1.807, 2.05) is 6.08 Å². The Morgan fingerprint density at radius 3 is 3.00 bits per heavy atom. The van der Waals surface area contributed by atoms with Gasteiger partial charge in [0, 0.05) is 26.0 Å². The van der Waals surface area contributed by atoms with Gasteiger partial charge in [0.1, 0.15) is 12.3 Å². The first-order chi connectivity index (χ1) is 10.7. The molecule has 2 rings (SSSR count). The summed E-state index contributed by atoms with van der Waals surface area (Å²) in [6.45, 7) is 3.76. The van der Waals surface area contributed by atoms with E-state index in [-0.39, 0.29) is 6.10 Å². The van der Waals surface area contributed by atoms with Crippen LogP contribution in [0.1, 0.15) is 31.7 Å². The van der Waals surface area contributed by atoms with E-state index in [4.69, 9.17) is 4.74 Å². The zero-order chi connectivity index (χ0) is 15.9. The summed E-state index contributed by atoms with van der Waals surface area (Å²) < 4.78 is 7.42. The summed E-state index contributed by atoms with van der Waals surface area (Å²) in [7, 11) is 1.60. The molecule has 124 valence electrons. The third-order valence-electron chi connectivity index (χ3n) is 4.29. The Balaban J connectivity index is 1.73. The number of hydrogen-bond donors (Lipinski definition) is 3. The predicted octanol–water partition coefficient (Wildman–Crippen LogP) is 1.44. The lowest BCUT2D eigenvalue weighted by Gasteiger charge is -2.30. The van der Waals surface area contributed by atoms with E-state index in [0.717, 1.165) is 32.2 Å². The van der Waals surface area contributed by atoms with Crippen molar-refractivity contribution in [3.05, 3.63) is 35.7 Å². The minimum absolute atomic E-state index is 0.219. The maximum absolute atomic E-state index is 10.2. The molecule has 0 fully saturated rings. The summed E-state index contributed by atoms with van der Waals surface area (Å²) in [5, 5.41) is 23.4. The van der Waals surface area contributed by atoms with Gasteiger partial charge in [-0.2, -0.15) is 0 Å². The molecule has 1 aromatic rings. The van der Waals surface area contributed by atoms with Crippen LogP contribution in [0, 0.1) is 0 Å². The van der Waals surface area contributed by atoms with Gasteiger partial charge in [-0.25, -0.2) is 0 Å². The molecule has 1 aliphatic carbocycles. The fraction of sp³-hybridized carbons (Fsp3) is 0.647. The Morgan fingerprint density at radius 1 is 1.50 bits per heavy atom. The molecule has 3 N–H and O–H groups in total. The van der Waals surface area contributed by atoms with Crippen molar-refractivity contribution in [1.82, 2.24) is 9.88 Å². The number of rotatable bonds is 8. The second-order valence-electron chi connectivity index (χ2n) is 5.82. The lowest BCUT2D eigenvalue weighted by atomic mass is 9.92. The molecule has 3 atom stereocenters. The maximum Gasteiger partial charge on any atom is 0.129 e. The number of nitrogens with one attached hydrogen (secondary N) is 1. The summed E-state index contributed by atoms with van der Waals surface area (Å²) in [4.78, 5) is 0. The standard InChI is InChI=1S/C17H28N2O3/c1-3-13-8-11-19(12-13)10-5-9-18-17(21)14-6-4-7-15(22-2)16(14)20/h6,8,11-12,15-18,20-21H,3-5,7,9-10H2,1-2H3. The van der Waals surface area contributed by atoms with Gasteiger partial charge in [-0.15, -0.1) is 0 Å². The highest BCUT2D eigenvalue weighted by molar-refractivity contribution is 5.18.